The maximum Gasteiger partial charge on any atom is 0.255 e. The van der Waals surface area contributed by atoms with E-state index in [1.165, 1.54) is 6.92 Å². The molecule has 1 amide bonds. The maximum absolute atomic E-state index is 12.8. The predicted octanol–water partition coefficient (Wildman–Crippen LogP) is 5.15. The number of hydrogen-bond acceptors (Lipinski definition) is 4. The monoisotopic (exact) mass is 373 g/mol. The zero-order chi connectivity index (χ0) is 20.1. The number of amides is 1. The van der Waals surface area contributed by atoms with Crippen LogP contribution in [0.3, 0.4) is 0 Å². The van der Waals surface area contributed by atoms with Crippen molar-refractivity contribution in [2.24, 2.45) is 0 Å². The van der Waals surface area contributed by atoms with Crippen molar-refractivity contribution in [3.8, 4) is 0 Å². The molecule has 0 aliphatic carbocycles. The minimum absolute atomic E-state index is 0.0194. The van der Waals surface area contributed by atoms with E-state index in [4.69, 9.17) is 0 Å². The number of aromatic nitrogens is 1. The highest BCUT2D eigenvalue weighted by Gasteiger charge is 2.12. The lowest BCUT2D eigenvalue weighted by Crippen LogP contribution is -2.14. The van der Waals surface area contributed by atoms with Crippen molar-refractivity contribution in [3.05, 3.63) is 83.0 Å². The van der Waals surface area contributed by atoms with Gasteiger partial charge in [0.25, 0.3) is 5.91 Å². The van der Waals surface area contributed by atoms with Gasteiger partial charge in [0.15, 0.2) is 5.78 Å². The Morgan fingerprint density at radius 1 is 1.00 bits per heavy atom. The number of hydrogen-bond donors (Lipinski definition) is 2. The molecule has 0 saturated carbocycles. The minimum atomic E-state index is -0.179. The van der Waals surface area contributed by atoms with E-state index in [2.05, 4.69) is 22.5 Å². The molecule has 28 heavy (non-hydrogen) atoms. The molecule has 5 heteroatoms. The first kappa shape index (κ1) is 19.3. The average Bonchev–Trinajstić information content (AvgIpc) is 2.70. The molecule has 1 heterocycles. The molecular weight excluding hydrogens is 350 g/mol. The highest BCUT2D eigenvalue weighted by molar-refractivity contribution is 6.05. The van der Waals surface area contributed by atoms with E-state index in [1.54, 1.807) is 30.5 Å². The molecule has 3 rings (SSSR count). The molecule has 2 aromatic carbocycles. The third kappa shape index (κ3) is 4.43. The number of pyridine rings is 1. The van der Waals surface area contributed by atoms with Crippen LogP contribution in [0, 0.1) is 6.92 Å². The van der Waals surface area contributed by atoms with Crippen LogP contribution in [0.4, 0.5) is 17.2 Å². The Labute approximate surface area is 164 Å². The summed E-state index contributed by atoms with van der Waals surface area (Å²) in [6.45, 7) is 5.58. The van der Waals surface area contributed by atoms with Crippen LogP contribution < -0.4 is 10.6 Å². The molecule has 0 spiro atoms. The van der Waals surface area contributed by atoms with Crippen molar-refractivity contribution >= 4 is 28.9 Å². The van der Waals surface area contributed by atoms with Gasteiger partial charge in [-0.3, -0.25) is 9.59 Å². The van der Waals surface area contributed by atoms with Crippen LogP contribution in [0.25, 0.3) is 0 Å². The largest absolute Gasteiger partial charge is 0.340 e. The van der Waals surface area contributed by atoms with Crippen molar-refractivity contribution in [2.45, 2.75) is 27.2 Å². The second-order valence-electron chi connectivity index (χ2n) is 6.61. The van der Waals surface area contributed by atoms with Gasteiger partial charge in [-0.05, 0) is 67.8 Å². The molecule has 1 aromatic heterocycles. The summed E-state index contributed by atoms with van der Waals surface area (Å²) in [6.07, 6.45) is 2.44. The fraction of sp³-hybridized carbons (Fsp3) is 0.174. The Kier molecular flexibility index (Phi) is 5.84. The molecule has 0 aliphatic heterocycles. The van der Waals surface area contributed by atoms with Crippen LogP contribution in [0.1, 0.15) is 45.7 Å². The van der Waals surface area contributed by atoms with Crippen LogP contribution in [0.15, 0.2) is 60.8 Å². The third-order valence-corrected chi connectivity index (χ3v) is 4.56. The maximum atomic E-state index is 12.8. The lowest BCUT2D eigenvalue weighted by Gasteiger charge is -2.13. The van der Waals surface area contributed by atoms with Crippen LogP contribution in [0.2, 0.25) is 0 Å². The third-order valence-electron chi connectivity index (χ3n) is 4.56. The molecule has 0 bridgehead atoms. The number of carbonyl (C=O) groups excluding carboxylic acids is 2. The Morgan fingerprint density at radius 3 is 2.43 bits per heavy atom. The molecule has 2 N–H and O–H groups in total. The SMILES string of the molecule is CCc1cccc(C)c1NC(=O)c1ccnc(Nc2ccc(C(C)=O)cc2)c1. The van der Waals surface area contributed by atoms with Crippen molar-refractivity contribution in [2.75, 3.05) is 10.6 Å². The average molecular weight is 373 g/mol. The number of ketones is 1. The first-order valence-electron chi connectivity index (χ1n) is 9.22. The van der Waals surface area contributed by atoms with Gasteiger partial charge in [0, 0.05) is 28.7 Å². The highest BCUT2D eigenvalue weighted by Crippen LogP contribution is 2.22. The van der Waals surface area contributed by atoms with Gasteiger partial charge in [-0.15, -0.1) is 0 Å². The summed E-state index contributed by atoms with van der Waals surface area (Å²) in [5.41, 5.74) is 4.96. The number of nitrogens with zero attached hydrogens (tertiary/aromatic N) is 1. The number of para-hydroxylation sites is 1. The zero-order valence-corrected chi connectivity index (χ0v) is 16.2. The summed E-state index contributed by atoms with van der Waals surface area (Å²) in [6, 6.07) is 16.5. The van der Waals surface area contributed by atoms with E-state index >= 15 is 0 Å². The van der Waals surface area contributed by atoms with Crippen molar-refractivity contribution in [3.63, 3.8) is 0 Å². The van der Waals surface area contributed by atoms with E-state index in [0.717, 1.165) is 28.9 Å². The van der Waals surface area contributed by atoms with Crippen molar-refractivity contribution in [1.29, 1.82) is 0 Å². The lowest BCUT2D eigenvalue weighted by atomic mass is 10.1. The van der Waals surface area contributed by atoms with Gasteiger partial charge in [-0.25, -0.2) is 4.98 Å². The summed E-state index contributed by atoms with van der Waals surface area (Å²) >= 11 is 0. The molecule has 0 unspecified atom stereocenters. The number of aryl methyl sites for hydroxylation is 2. The molecule has 0 saturated heterocycles. The number of benzene rings is 2. The summed E-state index contributed by atoms with van der Waals surface area (Å²) in [5, 5.41) is 6.19. The molecule has 0 aliphatic rings. The molecule has 3 aromatic rings. The number of anilines is 3. The second-order valence-corrected chi connectivity index (χ2v) is 6.61. The van der Waals surface area contributed by atoms with E-state index in [1.807, 2.05) is 37.3 Å². The molecule has 0 radical (unpaired) electrons. The van der Waals surface area contributed by atoms with Crippen LogP contribution in [0.5, 0.6) is 0 Å². The van der Waals surface area contributed by atoms with Gasteiger partial charge in [0.1, 0.15) is 5.82 Å². The topological polar surface area (TPSA) is 71.1 Å². The van der Waals surface area contributed by atoms with E-state index in [0.29, 0.717) is 16.9 Å². The van der Waals surface area contributed by atoms with E-state index < -0.39 is 0 Å². The smallest absolute Gasteiger partial charge is 0.255 e. The highest BCUT2D eigenvalue weighted by atomic mass is 16.1. The predicted molar refractivity (Wildman–Crippen MR) is 112 cm³/mol. The minimum Gasteiger partial charge on any atom is -0.340 e. The van der Waals surface area contributed by atoms with Crippen molar-refractivity contribution in [1.82, 2.24) is 4.98 Å². The van der Waals surface area contributed by atoms with Crippen molar-refractivity contribution < 1.29 is 9.59 Å². The fourth-order valence-electron chi connectivity index (χ4n) is 2.96. The van der Waals surface area contributed by atoms with Crippen LogP contribution >= 0.6 is 0 Å². The first-order chi connectivity index (χ1) is 13.5. The Bertz CT molecular complexity index is 1010. The summed E-state index contributed by atoms with van der Waals surface area (Å²) in [4.78, 5) is 28.4. The van der Waals surface area contributed by atoms with Gasteiger partial charge in [0.05, 0.1) is 0 Å². The normalized spacial score (nSPS) is 10.4. The Morgan fingerprint density at radius 2 is 1.75 bits per heavy atom. The zero-order valence-electron chi connectivity index (χ0n) is 16.2. The first-order valence-corrected chi connectivity index (χ1v) is 9.22. The number of Topliss-reactive ketones (excluding diaryl/α,β-unsaturated/α-hetero) is 1. The lowest BCUT2D eigenvalue weighted by molar-refractivity contribution is 0.101. The van der Waals surface area contributed by atoms with E-state index in [-0.39, 0.29) is 11.7 Å². The molecule has 0 atom stereocenters. The summed E-state index contributed by atoms with van der Waals surface area (Å²) in [5.74, 6) is 0.399. The molecule has 0 fully saturated rings. The quantitative estimate of drug-likeness (QED) is 0.586. The standard InChI is InChI=1S/C23H23N3O2/c1-4-17-7-5-6-15(2)22(17)26-23(28)19-12-13-24-21(14-19)25-20-10-8-18(9-11-20)16(3)27/h5-14H,4H2,1-3H3,(H,24,25)(H,26,28). The number of nitrogens with one attached hydrogen (secondary N) is 2. The van der Waals surface area contributed by atoms with Crippen LogP contribution in [-0.2, 0) is 6.42 Å². The van der Waals surface area contributed by atoms with Gasteiger partial charge < -0.3 is 10.6 Å². The molecule has 5 nitrogen and oxygen atoms in total. The van der Waals surface area contributed by atoms with Crippen LogP contribution in [-0.4, -0.2) is 16.7 Å². The van der Waals surface area contributed by atoms with Gasteiger partial charge in [-0.2, -0.15) is 0 Å². The Balaban J connectivity index is 1.77. The van der Waals surface area contributed by atoms with Gasteiger partial charge in [-0.1, -0.05) is 25.1 Å². The second kappa shape index (κ2) is 8.48. The summed E-state index contributed by atoms with van der Waals surface area (Å²) < 4.78 is 0. The summed E-state index contributed by atoms with van der Waals surface area (Å²) in [7, 11) is 0. The molecule has 142 valence electrons. The van der Waals surface area contributed by atoms with Gasteiger partial charge >= 0.3 is 0 Å². The van der Waals surface area contributed by atoms with Gasteiger partial charge in [0.2, 0.25) is 0 Å². The number of rotatable bonds is 6. The van der Waals surface area contributed by atoms with E-state index in [9.17, 15) is 9.59 Å². The number of carbonyl (C=O) groups is 2. The Hall–Kier alpha value is -3.47. The fourth-order valence-corrected chi connectivity index (χ4v) is 2.96. The molecular formula is C23H23N3O2.